The van der Waals surface area contributed by atoms with Crippen molar-refractivity contribution in [3.05, 3.63) is 18.0 Å². The Morgan fingerprint density at radius 3 is 2.18 bits per heavy atom. The van der Waals surface area contributed by atoms with Crippen LogP contribution in [0.1, 0.15) is 29.6 Å². The predicted molar refractivity (Wildman–Crippen MR) is 78.4 cm³/mol. The number of piperazine rings is 1. The number of methoxy groups -OCH3 is 1. The van der Waals surface area contributed by atoms with E-state index in [9.17, 15) is 9.59 Å². The number of nitrogens with zero attached hydrogens (tertiary/aromatic N) is 4. The molecule has 0 aromatic carbocycles. The molecule has 0 radical (unpaired) electrons. The van der Waals surface area contributed by atoms with Gasteiger partial charge >= 0.3 is 6.01 Å². The van der Waals surface area contributed by atoms with Crippen molar-refractivity contribution in [2.45, 2.75) is 19.3 Å². The molecule has 1 aliphatic carbocycles. The van der Waals surface area contributed by atoms with Crippen molar-refractivity contribution in [3.63, 3.8) is 0 Å². The molecule has 1 aromatic rings. The molecular formula is C15H20N4O3. The van der Waals surface area contributed by atoms with Crippen LogP contribution in [-0.2, 0) is 4.79 Å². The Kier molecular flexibility index (Phi) is 4.22. The molecule has 22 heavy (non-hydrogen) atoms. The molecule has 7 heteroatoms. The standard InChI is InChI=1S/C15H20N4O3/c1-22-15-16-9-12(10-17-15)14(21)19-7-5-18(6-8-19)13(20)11-3-2-4-11/h9-11H,2-8H2,1H3. The smallest absolute Gasteiger partial charge is 0.316 e. The quantitative estimate of drug-likeness (QED) is 0.816. The van der Waals surface area contributed by atoms with Gasteiger partial charge in [0.15, 0.2) is 0 Å². The SMILES string of the molecule is COc1ncc(C(=O)N2CCN(C(=O)C3CCC3)CC2)cn1. The van der Waals surface area contributed by atoms with Gasteiger partial charge in [-0.05, 0) is 12.8 Å². The van der Waals surface area contributed by atoms with Crippen LogP contribution < -0.4 is 4.74 Å². The molecule has 2 amide bonds. The fourth-order valence-electron chi connectivity index (χ4n) is 2.76. The van der Waals surface area contributed by atoms with E-state index in [1.807, 2.05) is 4.90 Å². The Morgan fingerprint density at radius 1 is 1.09 bits per heavy atom. The molecular weight excluding hydrogens is 284 g/mol. The number of hydrogen-bond donors (Lipinski definition) is 0. The van der Waals surface area contributed by atoms with E-state index in [0.717, 1.165) is 19.3 Å². The zero-order chi connectivity index (χ0) is 15.5. The summed E-state index contributed by atoms with van der Waals surface area (Å²) >= 11 is 0. The van der Waals surface area contributed by atoms with Gasteiger partial charge in [-0.3, -0.25) is 9.59 Å². The summed E-state index contributed by atoms with van der Waals surface area (Å²) in [7, 11) is 1.48. The van der Waals surface area contributed by atoms with Crippen molar-refractivity contribution in [2.75, 3.05) is 33.3 Å². The minimum atomic E-state index is -0.0987. The third-order valence-corrected chi connectivity index (χ3v) is 4.39. The molecule has 2 aliphatic rings. The van der Waals surface area contributed by atoms with Gasteiger partial charge in [-0.25, -0.2) is 9.97 Å². The Balaban J connectivity index is 1.55. The van der Waals surface area contributed by atoms with E-state index in [0.29, 0.717) is 31.7 Å². The number of amides is 2. The summed E-state index contributed by atoms with van der Waals surface area (Å²) in [5.74, 6) is 0.377. The average Bonchev–Trinajstić information content (AvgIpc) is 2.53. The van der Waals surface area contributed by atoms with Gasteiger partial charge in [0.05, 0.1) is 12.7 Å². The highest BCUT2D eigenvalue weighted by molar-refractivity contribution is 5.93. The van der Waals surface area contributed by atoms with Gasteiger partial charge in [-0.1, -0.05) is 6.42 Å². The highest BCUT2D eigenvalue weighted by Gasteiger charge is 2.32. The van der Waals surface area contributed by atoms with Crippen LogP contribution in [0.5, 0.6) is 6.01 Å². The lowest BCUT2D eigenvalue weighted by Crippen LogP contribution is -2.52. The normalized spacial score (nSPS) is 18.8. The third kappa shape index (κ3) is 2.88. The lowest BCUT2D eigenvalue weighted by atomic mass is 9.84. The van der Waals surface area contributed by atoms with Crippen molar-refractivity contribution in [2.24, 2.45) is 5.92 Å². The van der Waals surface area contributed by atoms with E-state index >= 15 is 0 Å². The van der Waals surface area contributed by atoms with E-state index < -0.39 is 0 Å². The van der Waals surface area contributed by atoms with Crippen LogP contribution in [0, 0.1) is 5.92 Å². The average molecular weight is 304 g/mol. The first-order valence-corrected chi connectivity index (χ1v) is 7.63. The van der Waals surface area contributed by atoms with Gasteiger partial charge in [0.2, 0.25) is 5.91 Å². The maximum atomic E-state index is 12.4. The molecule has 1 saturated heterocycles. The fourth-order valence-corrected chi connectivity index (χ4v) is 2.76. The van der Waals surface area contributed by atoms with E-state index in [2.05, 4.69) is 9.97 Å². The summed E-state index contributed by atoms with van der Waals surface area (Å²) in [6, 6.07) is 0.243. The number of hydrogen-bond acceptors (Lipinski definition) is 5. The molecule has 1 aromatic heterocycles. The number of carbonyl (C=O) groups excluding carboxylic acids is 2. The highest BCUT2D eigenvalue weighted by Crippen LogP contribution is 2.28. The molecule has 3 rings (SSSR count). The molecule has 2 heterocycles. The number of carbonyl (C=O) groups is 2. The summed E-state index contributed by atoms with van der Waals surface area (Å²) in [4.78, 5) is 36.1. The summed E-state index contributed by atoms with van der Waals surface area (Å²) in [5.41, 5.74) is 0.444. The van der Waals surface area contributed by atoms with Crippen LogP contribution in [0.3, 0.4) is 0 Å². The zero-order valence-electron chi connectivity index (χ0n) is 12.7. The van der Waals surface area contributed by atoms with E-state index in [1.54, 1.807) is 4.90 Å². The van der Waals surface area contributed by atoms with Crippen LogP contribution in [0.4, 0.5) is 0 Å². The van der Waals surface area contributed by atoms with Gasteiger partial charge in [0, 0.05) is 44.5 Å². The first-order chi connectivity index (χ1) is 10.7. The Bertz CT molecular complexity index is 548. The Hall–Kier alpha value is -2.18. The molecule has 0 unspecified atom stereocenters. The van der Waals surface area contributed by atoms with Crippen molar-refractivity contribution < 1.29 is 14.3 Å². The Labute approximate surface area is 129 Å². The topological polar surface area (TPSA) is 75.6 Å². The maximum Gasteiger partial charge on any atom is 0.316 e. The summed E-state index contributed by atoms with van der Waals surface area (Å²) in [5, 5.41) is 0. The van der Waals surface area contributed by atoms with Crippen molar-refractivity contribution in [1.82, 2.24) is 19.8 Å². The first-order valence-electron chi connectivity index (χ1n) is 7.63. The molecule has 0 bridgehead atoms. The van der Waals surface area contributed by atoms with Crippen LogP contribution in [0.25, 0.3) is 0 Å². The first kappa shape index (κ1) is 14.7. The summed E-state index contributed by atoms with van der Waals surface area (Å²) < 4.78 is 4.88. The van der Waals surface area contributed by atoms with E-state index in [4.69, 9.17) is 4.74 Å². The molecule has 0 atom stereocenters. The number of ether oxygens (including phenoxy) is 1. The minimum absolute atomic E-state index is 0.0987. The van der Waals surface area contributed by atoms with Crippen molar-refractivity contribution >= 4 is 11.8 Å². The van der Waals surface area contributed by atoms with Crippen LogP contribution in [-0.4, -0.2) is 64.9 Å². The molecule has 2 fully saturated rings. The number of aromatic nitrogens is 2. The Morgan fingerprint density at radius 2 is 1.68 bits per heavy atom. The molecule has 0 N–H and O–H groups in total. The van der Waals surface area contributed by atoms with Crippen LogP contribution in [0.2, 0.25) is 0 Å². The van der Waals surface area contributed by atoms with Crippen molar-refractivity contribution in [1.29, 1.82) is 0 Å². The highest BCUT2D eigenvalue weighted by atomic mass is 16.5. The largest absolute Gasteiger partial charge is 0.467 e. The second-order valence-electron chi connectivity index (χ2n) is 5.70. The maximum absolute atomic E-state index is 12.4. The zero-order valence-corrected chi connectivity index (χ0v) is 12.7. The van der Waals surface area contributed by atoms with Gasteiger partial charge in [-0.15, -0.1) is 0 Å². The monoisotopic (exact) mass is 304 g/mol. The molecule has 0 spiro atoms. The second kappa shape index (κ2) is 6.29. The van der Waals surface area contributed by atoms with Gasteiger partial charge in [0.1, 0.15) is 0 Å². The van der Waals surface area contributed by atoms with Crippen molar-refractivity contribution in [3.8, 4) is 6.01 Å². The van der Waals surface area contributed by atoms with Gasteiger partial charge in [0.25, 0.3) is 5.91 Å². The molecule has 118 valence electrons. The molecule has 7 nitrogen and oxygen atoms in total. The van der Waals surface area contributed by atoms with Crippen LogP contribution in [0.15, 0.2) is 12.4 Å². The van der Waals surface area contributed by atoms with Gasteiger partial charge in [-0.2, -0.15) is 0 Å². The van der Waals surface area contributed by atoms with E-state index in [-0.39, 0.29) is 23.7 Å². The van der Waals surface area contributed by atoms with E-state index in [1.165, 1.54) is 19.5 Å². The molecule has 1 saturated carbocycles. The predicted octanol–water partition coefficient (Wildman–Crippen LogP) is 0.570. The number of rotatable bonds is 3. The van der Waals surface area contributed by atoms with Crippen LogP contribution >= 0.6 is 0 Å². The lowest BCUT2D eigenvalue weighted by Gasteiger charge is -2.38. The summed E-state index contributed by atoms with van der Waals surface area (Å²) in [6.45, 7) is 2.34. The third-order valence-electron chi connectivity index (χ3n) is 4.39. The minimum Gasteiger partial charge on any atom is -0.467 e. The van der Waals surface area contributed by atoms with Gasteiger partial charge < -0.3 is 14.5 Å². The molecule has 1 aliphatic heterocycles. The second-order valence-corrected chi connectivity index (χ2v) is 5.70. The summed E-state index contributed by atoms with van der Waals surface area (Å²) in [6.07, 6.45) is 6.13. The lowest BCUT2D eigenvalue weighted by molar-refractivity contribution is -0.139. The fraction of sp³-hybridized carbons (Fsp3) is 0.600.